The predicted octanol–water partition coefficient (Wildman–Crippen LogP) is 0.952. The third kappa shape index (κ3) is 0.959. The minimum atomic E-state index is -0.423. The third-order valence-electron chi connectivity index (χ3n) is 2.23. The van der Waals surface area contributed by atoms with Crippen molar-refractivity contribution in [2.45, 2.75) is 32.3 Å². The molecule has 0 radical (unpaired) electrons. The van der Waals surface area contributed by atoms with Crippen LogP contribution in [0.25, 0.3) is 0 Å². The van der Waals surface area contributed by atoms with Gasteiger partial charge in [-0.3, -0.25) is 5.10 Å². The average molecular weight is 152 g/mol. The van der Waals surface area contributed by atoms with Crippen LogP contribution in [-0.2, 0) is 12.8 Å². The molecule has 1 atom stereocenters. The molecule has 2 N–H and O–H groups in total. The summed E-state index contributed by atoms with van der Waals surface area (Å²) < 4.78 is 0. The highest BCUT2D eigenvalue weighted by Gasteiger charge is 2.20. The van der Waals surface area contributed by atoms with Crippen molar-refractivity contribution >= 4 is 0 Å². The van der Waals surface area contributed by atoms with E-state index in [1.165, 1.54) is 17.7 Å². The van der Waals surface area contributed by atoms with E-state index < -0.39 is 6.10 Å². The van der Waals surface area contributed by atoms with Crippen molar-refractivity contribution in [3.63, 3.8) is 0 Å². The lowest BCUT2D eigenvalue weighted by Gasteiger charge is -2.00. The minimum Gasteiger partial charge on any atom is -0.387 e. The van der Waals surface area contributed by atoms with Gasteiger partial charge in [-0.15, -0.1) is 0 Å². The normalized spacial score (nSPS) is 18.4. The summed E-state index contributed by atoms with van der Waals surface area (Å²) in [6, 6.07) is 0. The van der Waals surface area contributed by atoms with Crippen LogP contribution >= 0.6 is 0 Å². The van der Waals surface area contributed by atoms with E-state index in [1.54, 1.807) is 6.92 Å². The van der Waals surface area contributed by atoms with E-state index in [2.05, 4.69) is 10.2 Å². The van der Waals surface area contributed by atoms with Gasteiger partial charge in [-0.05, 0) is 31.7 Å². The average Bonchev–Trinajstić information content (AvgIpc) is 2.41. The quantitative estimate of drug-likeness (QED) is 0.629. The molecule has 1 heterocycles. The molecule has 0 bridgehead atoms. The molecule has 0 aliphatic heterocycles. The lowest BCUT2D eigenvalue weighted by Crippen LogP contribution is -1.95. The molecule has 0 spiro atoms. The standard InChI is InChI=1S/C8H12N2O/c1-5(11)8-6-3-2-4-7(6)9-10-8/h5,11H,2-4H2,1H3,(H,9,10). The van der Waals surface area contributed by atoms with Gasteiger partial charge < -0.3 is 5.11 Å². The van der Waals surface area contributed by atoms with Crippen LogP contribution in [0.15, 0.2) is 0 Å². The lowest BCUT2D eigenvalue weighted by atomic mass is 10.1. The predicted molar refractivity (Wildman–Crippen MR) is 41.2 cm³/mol. The molecule has 11 heavy (non-hydrogen) atoms. The van der Waals surface area contributed by atoms with Gasteiger partial charge in [0.25, 0.3) is 0 Å². The van der Waals surface area contributed by atoms with Gasteiger partial charge in [0, 0.05) is 5.69 Å². The maximum atomic E-state index is 9.29. The Labute approximate surface area is 65.4 Å². The zero-order valence-electron chi connectivity index (χ0n) is 6.59. The molecule has 3 heteroatoms. The Morgan fingerprint density at radius 3 is 3.09 bits per heavy atom. The van der Waals surface area contributed by atoms with Crippen LogP contribution in [0.3, 0.4) is 0 Å². The van der Waals surface area contributed by atoms with Crippen molar-refractivity contribution in [3.8, 4) is 0 Å². The smallest absolute Gasteiger partial charge is 0.0953 e. The summed E-state index contributed by atoms with van der Waals surface area (Å²) in [5.74, 6) is 0. The molecule has 0 fully saturated rings. The molecular weight excluding hydrogens is 140 g/mol. The molecule has 0 saturated carbocycles. The maximum absolute atomic E-state index is 9.29. The first-order valence-corrected chi connectivity index (χ1v) is 4.03. The van der Waals surface area contributed by atoms with E-state index in [9.17, 15) is 5.11 Å². The molecule has 3 nitrogen and oxygen atoms in total. The second-order valence-electron chi connectivity index (χ2n) is 3.10. The van der Waals surface area contributed by atoms with Crippen LogP contribution < -0.4 is 0 Å². The van der Waals surface area contributed by atoms with E-state index >= 15 is 0 Å². The summed E-state index contributed by atoms with van der Waals surface area (Å²) in [5.41, 5.74) is 3.32. The number of hydrogen-bond donors (Lipinski definition) is 2. The van der Waals surface area contributed by atoms with E-state index in [0.717, 1.165) is 18.5 Å². The Balaban J connectivity index is 2.42. The molecule has 60 valence electrons. The van der Waals surface area contributed by atoms with E-state index in [4.69, 9.17) is 0 Å². The molecule has 1 aliphatic rings. The van der Waals surface area contributed by atoms with Crippen LogP contribution in [-0.4, -0.2) is 15.3 Å². The number of aromatic nitrogens is 2. The minimum absolute atomic E-state index is 0.423. The number of hydrogen-bond acceptors (Lipinski definition) is 2. The van der Waals surface area contributed by atoms with Gasteiger partial charge >= 0.3 is 0 Å². The first kappa shape index (κ1) is 6.85. The molecule has 0 saturated heterocycles. The fourth-order valence-electron chi connectivity index (χ4n) is 1.69. The van der Waals surface area contributed by atoms with Crippen LogP contribution in [0.1, 0.15) is 36.4 Å². The second-order valence-corrected chi connectivity index (χ2v) is 3.10. The van der Waals surface area contributed by atoms with Crippen LogP contribution in [0.5, 0.6) is 0 Å². The molecule has 0 amide bonds. The second kappa shape index (κ2) is 2.34. The number of aryl methyl sites for hydroxylation is 1. The van der Waals surface area contributed by atoms with Crippen molar-refractivity contribution in [1.29, 1.82) is 0 Å². The van der Waals surface area contributed by atoms with Gasteiger partial charge in [-0.1, -0.05) is 0 Å². The van der Waals surface area contributed by atoms with Gasteiger partial charge in [-0.2, -0.15) is 5.10 Å². The number of H-pyrrole nitrogens is 1. The van der Waals surface area contributed by atoms with Gasteiger partial charge in [0.15, 0.2) is 0 Å². The fraction of sp³-hybridized carbons (Fsp3) is 0.625. The van der Waals surface area contributed by atoms with Gasteiger partial charge in [0.1, 0.15) is 0 Å². The number of nitrogens with zero attached hydrogens (tertiary/aromatic N) is 1. The highest BCUT2D eigenvalue weighted by Crippen LogP contribution is 2.26. The fourth-order valence-corrected chi connectivity index (χ4v) is 1.69. The number of aromatic amines is 1. The Bertz CT molecular complexity index is 265. The zero-order valence-corrected chi connectivity index (χ0v) is 6.59. The molecule has 1 aliphatic carbocycles. The summed E-state index contributed by atoms with van der Waals surface area (Å²) in [6.07, 6.45) is 2.94. The van der Waals surface area contributed by atoms with Crippen molar-refractivity contribution in [1.82, 2.24) is 10.2 Å². The van der Waals surface area contributed by atoms with Gasteiger partial charge in [-0.25, -0.2) is 0 Å². The topological polar surface area (TPSA) is 48.9 Å². The number of fused-ring (bicyclic) bond motifs is 1. The van der Waals surface area contributed by atoms with Gasteiger partial charge in [0.05, 0.1) is 11.8 Å². The van der Waals surface area contributed by atoms with Gasteiger partial charge in [0.2, 0.25) is 0 Å². The summed E-state index contributed by atoms with van der Waals surface area (Å²) in [7, 11) is 0. The number of aliphatic hydroxyl groups is 1. The number of aliphatic hydroxyl groups excluding tert-OH is 1. The first-order valence-electron chi connectivity index (χ1n) is 4.03. The Morgan fingerprint density at radius 2 is 2.36 bits per heavy atom. The molecule has 2 rings (SSSR count). The highest BCUT2D eigenvalue weighted by molar-refractivity contribution is 5.30. The third-order valence-corrected chi connectivity index (χ3v) is 2.23. The van der Waals surface area contributed by atoms with E-state index in [0.29, 0.717) is 0 Å². The monoisotopic (exact) mass is 152 g/mol. The van der Waals surface area contributed by atoms with Crippen LogP contribution in [0.2, 0.25) is 0 Å². The highest BCUT2D eigenvalue weighted by atomic mass is 16.3. The maximum Gasteiger partial charge on any atom is 0.0953 e. The summed E-state index contributed by atoms with van der Waals surface area (Å²) in [6.45, 7) is 1.76. The lowest BCUT2D eigenvalue weighted by molar-refractivity contribution is 0.193. The zero-order chi connectivity index (χ0) is 7.84. The van der Waals surface area contributed by atoms with Crippen LogP contribution in [0, 0.1) is 0 Å². The van der Waals surface area contributed by atoms with Crippen molar-refractivity contribution < 1.29 is 5.11 Å². The Morgan fingerprint density at radius 1 is 1.55 bits per heavy atom. The first-order chi connectivity index (χ1) is 5.29. The number of rotatable bonds is 1. The summed E-state index contributed by atoms with van der Waals surface area (Å²) >= 11 is 0. The van der Waals surface area contributed by atoms with Crippen molar-refractivity contribution in [2.75, 3.05) is 0 Å². The van der Waals surface area contributed by atoms with Crippen LogP contribution in [0.4, 0.5) is 0 Å². The Hall–Kier alpha value is -0.830. The number of nitrogens with one attached hydrogen (secondary N) is 1. The van der Waals surface area contributed by atoms with Crippen molar-refractivity contribution in [3.05, 3.63) is 17.0 Å². The van der Waals surface area contributed by atoms with E-state index in [-0.39, 0.29) is 0 Å². The SMILES string of the molecule is CC(O)c1n[nH]c2c1CCC2. The van der Waals surface area contributed by atoms with E-state index in [1.807, 2.05) is 0 Å². The summed E-state index contributed by atoms with van der Waals surface area (Å²) in [5, 5.41) is 16.3. The summed E-state index contributed by atoms with van der Waals surface area (Å²) in [4.78, 5) is 0. The molecule has 0 aromatic carbocycles. The largest absolute Gasteiger partial charge is 0.387 e. The molecule has 1 unspecified atom stereocenters. The molecule has 1 aromatic heterocycles. The Kier molecular flexibility index (Phi) is 1.46. The van der Waals surface area contributed by atoms with Crippen molar-refractivity contribution in [2.24, 2.45) is 0 Å². The molecular formula is C8H12N2O. The molecule has 1 aromatic rings.